The quantitative estimate of drug-likeness (QED) is 0.413. The standard InChI is InChI=1S/C24H32O7/c1-7-9-18(25)29-17-11-10-16-12-24(28)19(14(4)22(27)31-24)20(23(16,6)15(17)5)30-21(26)13(3)8-2/h7-9,15-17,20,28H,10-12H2,1-6H3/b9-7+,13-8-/t15-,16+,17-,20+,23+,24?/m0/s1. The topological polar surface area (TPSA) is 99.1 Å². The molecule has 0 amide bonds. The Morgan fingerprint density at radius 2 is 1.90 bits per heavy atom. The second-order valence-electron chi connectivity index (χ2n) is 9.08. The van der Waals surface area contributed by atoms with Gasteiger partial charge in [-0.3, -0.25) is 0 Å². The zero-order valence-corrected chi connectivity index (χ0v) is 19.1. The molecule has 170 valence electrons. The molecule has 2 aliphatic carbocycles. The minimum absolute atomic E-state index is 0.102. The van der Waals surface area contributed by atoms with Gasteiger partial charge in [0.2, 0.25) is 5.79 Å². The van der Waals surface area contributed by atoms with Crippen LogP contribution in [0.1, 0.15) is 60.8 Å². The van der Waals surface area contributed by atoms with Crippen molar-refractivity contribution in [3.63, 3.8) is 0 Å². The fourth-order valence-electron chi connectivity index (χ4n) is 5.35. The number of carbonyl (C=O) groups is 3. The number of hydrogen-bond donors (Lipinski definition) is 1. The van der Waals surface area contributed by atoms with Crippen molar-refractivity contribution in [2.45, 2.75) is 78.8 Å². The van der Waals surface area contributed by atoms with Crippen LogP contribution in [0.15, 0.2) is 34.9 Å². The van der Waals surface area contributed by atoms with E-state index < -0.39 is 35.2 Å². The normalized spacial score (nSPS) is 37.9. The van der Waals surface area contributed by atoms with Crippen molar-refractivity contribution < 1.29 is 33.7 Å². The lowest BCUT2D eigenvalue weighted by Crippen LogP contribution is -2.62. The minimum Gasteiger partial charge on any atom is -0.459 e. The van der Waals surface area contributed by atoms with Crippen molar-refractivity contribution in [3.05, 3.63) is 34.9 Å². The lowest BCUT2D eigenvalue weighted by molar-refractivity contribution is -0.234. The predicted molar refractivity (Wildman–Crippen MR) is 112 cm³/mol. The molecule has 2 fully saturated rings. The zero-order chi connectivity index (χ0) is 23.1. The maximum Gasteiger partial charge on any atom is 0.336 e. The summed E-state index contributed by atoms with van der Waals surface area (Å²) in [5.41, 5.74) is 0.330. The molecule has 0 aromatic rings. The van der Waals surface area contributed by atoms with Crippen molar-refractivity contribution >= 4 is 17.9 Å². The molecular formula is C24H32O7. The average molecular weight is 433 g/mol. The molecular weight excluding hydrogens is 400 g/mol. The summed E-state index contributed by atoms with van der Waals surface area (Å²) in [6.07, 6.45) is 4.87. The van der Waals surface area contributed by atoms with Gasteiger partial charge < -0.3 is 19.3 Å². The molecule has 0 bridgehead atoms. The van der Waals surface area contributed by atoms with Crippen LogP contribution in [0, 0.1) is 17.3 Å². The SMILES string of the molecule is C/C=C(/C)C(=O)O[C@@H]1C2=C(C)C(=O)OC2(O)C[C@H]2CC[C@H](OC(=O)/C=C/C)[C@H](C)[C@]21C. The van der Waals surface area contributed by atoms with E-state index in [1.54, 1.807) is 39.8 Å². The number of rotatable bonds is 4. The van der Waals surface area contributed by atoms with Gasteiger partial charge in [-0.1, -0.05) is 26.0 Å². The minimum atomic E-state index is -1.78. The van der Waals surface area contributed by atoms with E-state index in [2.05, 4.69) is 0 Å². The highest BCUT2D eigenvalue weighted by molar-refractivity contribution is 5.93. The summed E-state index contributed by atoms with van der Waals surface area (Å²) < 4.78 is 17.0. The molecule has 1 aliphatic heterocycles. The number of hydrogen-bond acceptors (Lipinski definition) is 7. The van der Waals surface area contributed by atoms with Gasteiger partial charge in [0.25, 0.3) is 0 Å². The largest absolute Gasteiger partial charge is 0.459 e. The summed E-state index contributed by atoms with van der Waals surface area (Å²) in [5.74, 6) is -3.61. The van der Waals surface area contributed by atoms with Crippen LogP contribution in [-0.2, 0) is 28.6 Å². The van der Waals surface area contributed by atoms with E-state index in [1.807, 2.05) is 13.8 Å². The first-order valence-corrected chi connectivity index (χ1v) is 10.8. The summed E-state index contributed by atoms with van der Waals surface area (Å²) in [5, 5.41) is 11.3. The van der Waals surface area contributed by atoms with E-state index in [4.69, 9.17) is 14.2 Å². The van der Waals surface area contributed by atoms with Crippen molar-refractivity contribution in [1.82, 2.24) is 0 Å². The maximum atomic E-state index is 12.8. The van der Waals surface area contributed by atoms with Gasteiger partial charge in [0, 0.05) is 35.0 Å². The Balaban J connectivity index is 2.07. The Hall–Kier alpha value is -2.41. The Morgan fingerprint density at radius 1 is 1.23 bits per heavy atom. The third-order valence-corrected chi connectivity index (χ3v) is 7.51. The molecule has 3 aliphatic rings. The number of aliphatic hydroxyl groups is 1. The van der Waals surface area contributed by atoms with E-state index >= 15 is 0 Å². The number of esters is 3. The summed E-state index contributed by atoms with van der Waals surface area (Å²) >= 11 is 0. The monoisotopic (exact) mass is 432 g/mol. The third-order valence-electron chi connectivity index (χ3n) is 7.51. The zero-order valence-electron chi connectivity index (χ0n) is 19.1. The Morgan fingerprint density at radius 3 is 2.52 bits per heavy atom. The van der Waals surface area contributed by atoms with Crippen LogP contribution >= 0.6 is 0 Å². The smallest absolute Gasteiger partial charge is 0.336 e. The summed E-state index contributed by atoms with van der Waals surface area (Å²) in [4.78, 5) is 37.3. The van der Waals surface area contributed by atoms with E-state index in [-0.39, 0.29) is 29.9 Å². The van der Waals surface area contributed by atoms with Crippen LogP contribution in [0.5, 0.6) is 0 Å². The van der Waals surface area contributed by atoms with Gasteiger partial charge in [-0.15, -0.1) is 0 Å². The molecule has 2 saturated carbocycles. The fourth-order valence-corrected chi connectivity index (χ4v) is 5.35. The first-order chi connectivity index (χ1) is 14.5. The van der Waals surface area contributed by atoms with Crippen molar-refractivity contribution in [2.75, 3.05) is 0 Å². The number of allylic oxidation sites excluding steroid dienone is 2. The maximum absolute atomic E-state index is 12.8. The van der Waals surface area contributed by atoms with Gasteiger partial charge in [0.05, 0.1) is 5.57 Å². The van der Waals surface area contributed by atoms with Gasteiger partial charge >= 0.3 is 17.9 Å². The molecule has 0 spiro atoms. The Kier molecular flexibility index (Phi) is 6.20. The first-order valence-electron chi connectivity index (χ1n) is 10.8. The summed E-state index contributed by atoms with van der Waals surface area (Å²) in [7, 11) is 0. The molecule has 0 aromatic heterocycles. The third kappa shape index (κ3) is 3.73. The van der Waals surface area contributed by atoms with Crippen LogP contribution in [0.3, 0.4) is 0 Å². The lowest BCUT2D eigenvalue weighted by atomic mass is 9.51. The molecule has 0 saturated heterocycles. The van der Waals surface area contributed by atoms with Crippen LogP contribution in [0.4, 0.5) is 0 Å². The number of carbonyl (C=O) groups excluding carboxylic acids is 3. The van der Waals surface area contributed by atoms with Crippen LogP contribution in [0.25, 0.3) is 0 Å². The Bertz CT molecular complexity index is 882. The van der Waals surface area contributed by atoms with Gasteiger partial charge in [0.1, 0.15) is 12.2 Å². The molecule has 7 nitrogen and oxygen atoms in total. The van der Waals surface area contributed by atoms with Crippen LogP contribution in [0.2, 0.25) is 0 Å². The first kappa shape index (κ1) is 23.3. The molecule has 6 atom stereocenters. The van der Waals surface area contributed by atoms with E-state index in [0.29, 0.717) is 24.0 Å². The summed E-state index contributed by atoms with van der Waals surface area (Å²) in [6.45, 7) is 10.7. The highest BCUT2D eigenvalue weighted by Gasteiger charge is 2.66. The molecule has 0 aromatic carbocycles. The van der Waals surface area contributed by atoms with Crippen molar-refractivity contribution in [1.29, 1.82) is 0 Å². The van der Waals surface area contributed by atoms with Crippen LogP contribution < -0.4 is 0 Å². The van der Waals surface area contributed by atoms with E-state index in [9.17, 15) is 19.5 Å². The average Bonchev–Trinajstić information content (AvgIpc) is 2.93. The second kappa shape index (κ2) is 8.26. The van der Waals surface area contributed by atoms with Gasteiger partial charge in [-0.2, -0.15) is 0 Å². The highest BCUT2D eigenvalue weighted by atomic mass is 16.7. The predicted octanol–water partition coefficient (Wildman–Crippen LogP) is 3.37. The van der Waals surface area contributed by atoms with Gasteiger partial charge in [-0.05, 0) is 46.5 Å². The number of ether oxygens (including phenoxy) is 3. The molecule has 3 rings (SSSR count). The molecule has 1 heterocycles. The van der Waals surface area contributed by atoms with E-state index in [0.717, 1.165) is 0 Å². The highest BCUT2D eigenvalue weighted by Crippen LogP contribution is 2.60. The lowest BCUT2D eigenvalue weighted by Gasteiger charge is -2.57. The molecule has 7 heteroatoms. The number of fused-ring (bicyclic) bond motifs is 2. The molecule has 1 N–H and O–H groups in total. The van der Waals surface area contributed by atoms with E-state index in [1.165, 1.54) is 6.08 Å². The van der Waals surface area contributed by atoms with Crippen molar-refractivity contribution in [2.24, 2.45) is 17.3 Å². The van der Waals surface area contributed by atoms with Gasteiger partial charge in [-0.25, -0.2) is 14.4 Å². The summed E-state index contributed by atoms with van der Waals surface area (Å²) in [6, 6.07) is 0. The Labute approximate surface area is 183 Å². The van der Waals surface area contributed by atoms with Crippen molar-refractivity contribution in [3.8, 4) is 0 Å². The fraction of sp³-hybridized carbons (Fsp3) is 0.625. The second-order valence-corrected chi connectivity index (χ2v) is 9.08. The molecule has 1 unspecified atom stereocenters. The molecule has 0 radical (unpaired) electrons. The van der Waals surface area contributed by atoms with Gasteiger partial charge in [0.15, 0.2) is 0 Å². The molecule has 31 heavy (non-hydrogen) atoms. The van der Waals surface area contributed by atoms with Crippen LogP contribution in [-0.4, -0.2) is 41.0 Å².